The lowest BCUT2D eigenvalue weighted by Crippen LogP contribution is -2.65. The molecule has 0 aliphatic carbocycles. The molecule has 2 rings (SSSR count). The Labute approximate surface area is 416 Å². The van der Waals surface area contributed by atoms with Gasteiger partial charge in [0, 0.05) is 6.42 Å². The van der Waals surface area contributed by atoms with Crippen LogP contribution in [0.4, 0.5) is 0 Å². The number of hydrogen-bond donors (Lipinski definition) is 9. The second kappa shape index (κ2) is 41.2. The van der Waals surface area contributed by atoms with Gasteiger partial charge in [-0.2, -0.15) is 0 Å². The van der Waals surface area contributed by atoms with Crippen LogP contribution in [0.2, 0.25) is 0 Å². The van der Waals surface area contributed by atoms with E-state index in [1.165, 1.54) is 103 Å². The summed E-state index contributed by atoms with van der Waals surface area (Å²) in [5.74, 6) is -0.260. The lowest BCUT2D eigenvalue weighted by Gasteiger charge is -2.46. The minimum atomic E-state index is -1.79. The summed E-state index contributed by atoms with van der Waals surface area (Å²) in [6.45, 7) is 2.72. The fourth-order valence-corrected chi connectivity index (χ4v) is 8.49. The van der Waals surface area contributed by atoms with E-state index in [1.807, 2.05) is 6.08 Å². The summed E-state index contributed by atoms with van der Waals surface area (Å²) in [5, 5.41) is 86.7. The number of aliphatic hydroxyl groups is 8. The number of carbonyl (C=O) groups is 1. The fraction of sp³-hybridized carbons (Fsp3) is 0.800. The van der Waals surface area contributed by atoms with E-state index in [9.17, 15) is 45.6 Å². The highest BCUT2D eigenvalue weighted by molar-refractivity contribution is 5.76. The summed E-state index contributed by atoms with van der Waals surface area (Å²) >= 11 is 0. The van der Waals surface area contributed by atoms with Gasteiger partial charge in [0.15, 0.2) is 12.6 Å². The number of aliphatic hydroxyl groups excluding tert-OH is 8. The van der Waals surface area contributed by atoms with Crippen LogP contribution < -0.4 is 5.32 Å². The molecule has 2 aliphatic rings. The third-order valence-corrected chi connectivity index (χ3v) is 12.9. The van der Waals surface area contributed by atoms with Gasteiger partial charge >= 0.3 is 0 Å². The summed E-state index contributed by atoms with van der Waals surface area (Å²) in [5.41, 5.74) is 0. The van der Waals surface area contributed by atoms with Crippen LogP contribution in [0, 0.1) is 0 Å². The molecular formula is C55H97NO13. The van der Waals surface area contributed by atoms with Crippen molar-refractivity contribution in [1.29, 1.82) is 0 Å². The highest BCUT2D eigenvalue weighted by Gasteiger charge is 2.51. The van der Waals surface area contributed by atoms with Gasteiger partial charge in [0.1, 0.15) is 48.8 Å². The highest BCUT2D eigenvalue weighted by Crippen LogP contribution is 2.30. The Morgan fingerprint density at radius 2 is 0.971 bits per heavy atom. The maximum Gasteiger partial charge on any atom is 0.220 e. The zero-order chi connectivity index (χ0) is 50.3. The molecule has 2 heterocycles. The molecule has 12 atom stereocenters. The normalized spacial score (nSPS) is 26.6. The number of unbranched alkanes of at least 4 members (excludes halogenated alkanes) is 20. The molecule has 12 unspecified atom stereocenters. The summed E-state index contributed by atoms with van der Waals surface area (Å²) in [6, 6.07) is -0.936. The van der Waals surface area contributed by atoms with Gasteiger partial charge in [-0.25, -0.2) is 0 Å². The highest BCUT2D eigenvalue weighted by atomic mass is 16.7. The summed E-state index contributed by atoms with van der Waals surface area (Å²) in [6.07, 6.45) is 34.0. The van der Waals surface area contributed by atoms with E-state index < -0.39 is 86.8 Å². The molecule has 2 saturated heterocycles. The van der Waals surface area contributed by atoms with Crippen LogP contribution >= 0.6 is 0 Å². The van der Waals surface area contributed by atoms with Crippen molar-refractivity contribution in [3.63, 3.8) is 0 Å². The fourth-order valence-electron chi connectivity index (χ4n) is 8.49. The van der Waals surface area contributed by atoms with Crippen molar-refractivity contribution in [2.24, 2.45) is 0 Å². The molecular weight excluding hydrogens is 883 g/mol. The topological polar surface area (TPSA) is 228 Å². The van der Waals surface area contributed by atoms with E-state index in [-0.39, 0.29) is 18.9 Å². The van der Waals surface area contributed by atoms with Gasteiger partial charge in [-0.1, -0.05) is 171 Å². The van der Waals surface area contributed by atoms with Crippen LogP contribution in [-0.2, 0) is 23.7 Å². The summed E-state index contributed by atoms with van der Waals surface area (Å²) in [4.78, 5) is 13.2. The predicted molar refractivity (Wildman–Crippen MR) is 272 cm³/mol. The average molecular weight is 980 g/mol. The summed E-state index contributed by atoms with van der Waals surface area (Å²) in [7, 11) is 0. The number of ether oxygens (including phenoxy) is 4. The first kappa shape index (κ1) is 62.8. The zero-order valence-corrected chi connectivity index (χ0v) is 42.5. The Kier molecular flexibility index (Phi) is 37.5. The lowest BCUT2D eigenvalue weighted by atomic mass is 9.97. The lowest BCUT2D eigenvalue weighted by molar-refractivity contribution is -0.359. The molecule has 2 aliphatic heterocycles. The minimum Gasteiger partial charge on any atom is -0.394 e. The van der Waals surface area contributed by atoms with Crippen LogP contribution in [0.25, 0.3) is 0 Å². The van der Waals surface area contributed by atoms with Gasteiger partial charge in [0.25, 0.3) is 0 Å². The van der Waals surface area contributed by atoms with Gasteiger partial charge < -0.3 is 65.1 Å². The molecule has 0 aromatic rings. The Bertz CT molecular complexity index is 1390. The van der Waals surface area contributed by atoms with Crippen molar-refractivity contribution in [1.82, 2.24) is 5.32 Å². The van der Waals surface area contributed by atoms with Crippen LogP contribution in [0.3, 0.4) is 0 Å². The molecule has 0 bridgehead atoms. The largest absolute Gasteiger partial charge is 0.394 e. The first-order chi connectivity index (χ1) is 33.6. The molecule has 0 aromatic heterocycles. The first-order valence-corrected chi connectivity index (χ1v) is 27.0. The SMILES string of the molecule is CCCCCCC/C=C\C/C=C\C/C=C\CCCCCCCCCCC(=O)NC(COC1OC(CO)C(OC2OC(CO)C(O)C(O)C2O)C(O)C1O)C(O)/C=C/CC/C=C/CCCCCCCC. The van der Waals surface area contributed by atoms with E-state index in [0.717, 1.165) is 51.4 Å². The van der Waals surface area contributed by atoms with E-state index in [0.29, 0.717) is 12.8 Å². The van der Waals surface area contributed by atoms with Crippen LogP contribution in [0.1, 0.15) is 187 Å². The number of amides is 1. The van der Waals surface area contributed by atoms with E-state index in [4.69, 9.17) is 18.9 Å². The van der Waals surface area contributed by atoms with Crippen molar-refractivity contribution >= 4 is 5.91 Å². The number of carbonyl (C=O) groups excluding carboxylic acids is 1. The Hall–Kier alpha value is -2.31. The van der Waals surface area contributed by atoms with Crippen LogP contribution in [0.5, 0.6) is 0 Å². The van der Waals surface area contributed by atoms with Gasteiger partial charge in [-0.05, 0) is 70.6 Å². The maximum atomic E-state index is 13.2. The van der Waals surface area contributed by atoms with E-state index >= 15 is 0 Å². The van der Waals surface area contributed by atoms with Crippen molar-refractivity contribution < 1.29 is 64.6 Å². The van der Waals surface area contributed by atoms with Gasteiger partial charge in [-0.3, -0.25) is 4.79 Å². The summed E-state index contributed by atoms with van der Waals surface area (Å²) < 4.78 is 22.7. The molecule has 2 fully saturated rings. The first-order valence-electron chi connectivity index (χ1n) is 27.0. The Morgan fingerprint density at radius 1 is 0.522 bits per heavy atom. The number of nitrogens with one attached hydrogen (secondary N) is 1. The monoisotopic (exact) mass is 980 g/mol. The predicted octanol–water partition coefficient (Wildman–Crippen LogP) is 7.83. The minimum absolute atomic E-state index is 0.260. The molecule has 14 heteroatoms. The van der Waals surface area contributed by atoms with E-state index in [2.05, 4.69) is 67.8 Å². The number of rotatable bonds is 41. The van der Waals surface area contributed by atoms with E-state index in [1.54, 1.807) is 6.08 Å². The van der Waals surface area contributed by atoms with Crippen molar-refractivity contribution in [3.8, 4) is 0 Å². The molecule has 0 radical (unpaired) electrons. The maximum absolute atomic E-state index is 13.2. The molecule has 400 valence electrons. The van der Waals surface area contributed by atoms with Gasteiger partial charge in [0.2, 0.25) is 5.91 Å². The Balaban J connectivity index is 1.79. The van der Waals surface area contributed by atoms with Crippen molar-refractivity contribution in [2.75, 3.05) is 19.8 Å². The molecule has 14 nitrogen and oxygen atoms in total. The second-order valence-electron chi connectivity index (χ2n) is 19.0. The number of allylic oxidation sites excluding steroid dienone is 9. The standard InChI is InChI=1S/C55H97NO13/c1-3-5-7-9-11-13-15-17-18-19-20-21-22-23-24-25-26-27-29-31-33-35-37-39-47(60)56-43(44(59)38-36-34-32-30-28-16-14-12-10-8-6-4-2)42-66-54-52(65)50(63)53(46(41-58)68-54)69-55-51(64)49(62)48(61)45(40-57)67-55/h15,17,19-20,22-23,28,30,36,38,43-46,48-55,57-59,61-65H,3-14,16,18,21,24-27,29,31-35,37,39-42H2,1-2H3,(H,56,60)/b17-15-,20-19-,23-22-,30-28+,38-36+. The van der Waals surface area contributed by atoms with Crippen molar-refractivity contribution in [3.05, 3.63) is 60.8 Å². The third kappa shape index (κ3) is 27.9. The average Bonchev–Trinajstić information content (AvgIpc) is 3.35. The van der Waals surface area contributed by atoms with Crippen molar-refractivity contribution in [2.45, 2.75) is 261 Å². The van der Waals surface area contributed by atoms with Crippen LogP contribution in [-0.4, -0.2) is 140 Å². The molecule has 9 N–H and O–H groups in total. The molecule has 0 spiro atoms. The van der Waals surface area contributed by atoms with Gasteiger partial charge in [0.05, 0.1) is 32.0 Å². The Morgan fingerprint density at radius 3 is 1.52 bits per heavy atom. The zero-order valence-electron chi connectivity index (χ0n) is 42.5. The molecule has 0 saturated carbocycles. The molecule has 1 amide bonds. The number of hydrogen-bond acceptors (Lipinski definition) is 13. The molecule has 69 heavy (non-hydrogen) atoms. The smallest absolute Gasteiger partial charge is 0.220 e. The second-order valence-corrected chi connectivity index (χ2v) is 19.0. The van der Waals surface area contributed by atoms with Gasteiger partial charge in [-0.15, -0.1) is 0 Å². The quantitative estimate of drug-likeness (QED) is 0.0211. The third-order valence-electron chi connectivity index (χ3n) is 12.9. The van der Waals surface area contributed by atoms with Crippen LogP contribution in [0.15, 0.2) is 60.8 Å². The molecule has 0 aromatic carbocycles.